The van der Waals surface area contributed by atoms with Crippen LogP contribution in [0.2, 0.25) is 5.02 Å². The molecule has 0 saturated heterocycles. The zero-order valence-electron chi connectivity index (χ0n) is 18.8. The summed E-state index contributed by atoms with van der Waals surface area (Å²) in [7, 11) is -7.61. The summed E-state index contributed by atoms with van der Waals surface area (Å²) in [5, 5.41) is 0.517. The van der Waals surface area contributed by atoms with E-state index in [4.69, 9.17) is 11.6 Å². The van der Waals surface area contributed by atoms with Crippen molar-refractivity contribution in [2.24, 2.45) is 0 Å². The maximum atomic E-state index is 13.4. The van der Waals surface area contributed by atoms with Gasteiger partial charge < -0.3 is 0 Å². The molecule has 0 atom stereocenters. The lowest BCUT2D eigenvalue weighted by Gasteiger charge is -2.23. The average molecular weight is 519 g/mol. The average Bonchev–Trinajstić information content (AvgIpc) is 3.67. The lowest BCUT2D eigenvalue weighted by Crippen LogP contribution is -2.33. The summed E-state index contributed by atoms with van der Waals surface area (Å²) in [6, 6.07) is 22.0. The number of hydrogen-bond acceptors (Lipinski definition) is 4. The van der Waals surface area contributed by atoms with Gasteiger partial charge in [-0.1, -0.05) is 67.1 Å². The highest BCUT2D eigenvalue weighted by atomic mass is 35.5. The van der Waals surface area contributed by atoms with Gasteiger partial charge in [0.25, 0.3) is 0 Å². The highest BCUT2D eigenvalue weighted by Crippen LogP contribution is 2.35. The standard InChI is InChI=1S/C25H27ClN2O4S2/c1-2-27(18-20-8-4-3-5-9-20)33(29,30)23-14-16-24(17-15-23)34(31,32)28(22-12-13-22)19-21-10-6-7-11-25(21)26/h3-11,14-17,22H,2,12-13,18-19H2,1H3. The Morgan fingerprint density at radius 3 is 1.88 bits per heavy atom. The molecule has 0 aromatic heterocycles. The van der Waals surface area contributed by atoms with Gasteiger partial charge in [0.2, 0.25) is 20.0 Å². The molecule has 3 aromatic carbocycles. The van der Waals surface area contributed by atoms with Crippen LogP contribution in [0.3, 0.4) is 0 Å². The molecular weight excluding hydrogens is 492 g/mol. The van der Waals surface area contributed by atoms with Crippen molar-refractivity contribution in [3.63, 3.8) is 0 Å². The van der Waals surface area contributed by atoms with Gasteiger partial charge in [-0.25, -0.2) is 16.8 Å². The van der Waals surface area contributed by atoms with Gasteiger partial charge in [0.1, 0.15) is 0 Å². The summed E-state index contributed by atoms with van der Waals surface area (Å²) < 4.78 is 56.1. The van der Waals surface area contributed by atoms with Crippen molar-refractivity contribution in [2.75, 3.05) is 6.54 Å². The molecule has 6 nitrogen and oxygen atoms in total. The summed E-state index contributed by atoms with van der Waals surface area (Å²) in [5.41, 5.74) is 1.62. The summed E-state index contributed by atoms with van der Waals surface area (Å²) in [5.74, 6) is 0. The van der Waals surface area contributed by atoms with E-state index in [0.29, 0.717) is 11.6 Å². The molecular formula is C25H27ClN2O4S2. The Labute approximate surface area is 206 Å². The first-order chi connectivity index (χ1) is 16.2. The molecule has 0 bridgehead atoms. The first kappa shape index (κ1) is 24.9. The molecule has 1 aliphatic carbocycles. The van der Waals surface area contributed by atoms with E-state index in [9.17, 15) is 16.8 Å². The molecule has 0 N–H and O–H groups in total. The molecule has 1 fully saturated rings. The van der Waals surface area contributed by atoms with E-state index in [-0.39, 0.29) is 28.9 Å². The van der Waals surface area contributed by atoms with Crippen molar-refractivity contribution in [3.05, 3.63) is 95.0 Å². The quantitative estimate of drug-likeness (QED) is 0.382. The predicted octanol–water partition coefficient (Wildman–Crippen LogP) is 4.90. The van der Waals surface area contributed by atoms with Crippen molar-refractivity contribution in [3.8, 4) is 0 Å². The van der Waals surface area contributed by atoms with Gasteiger partial charge in [-0.2, -0.15) is 8.61 Å². The molecule has 0 radical (unpaired) electrons. The minimum absolute atomic E-state index is 0.0632. The van der Waals surface area contributed by atoms with E-state index in [1.54, 1.807) is 19.1 Å². The molecule has 1 saturated carbocycles. The lowest BCUT2D eigenvalue weighted by atomic mass is 10.2. The number of hydrogen-bond donors (Lipinski definition) is 0. The fraction of sp³-hybridized carbons (Fsp3) is 0.280. The van der Waals surface area contributed by atoms with E-state index in [2.05, 4.69) is 0 Å². The van der Waals surface area contributed by atoms with Crippen LogP contribution in [0.25, 0.3) is 0 Å². The van der Waals surface area contributed by atoms with Crippen molar-refractivity contribution >= 4 is 31.6 Å². The highest BCUT2D eigenvalue weighted by molar-refractivity contribution is 7.89. The summed E-state index contributed by atoms with van der Waals surface area (Å²) in [6.45, 7) is 2.49. The normalized spacial score (nSPS) is 14.6. The summed E-state index contributed by atoms with van der Waals surface area (Å²) in [6.07, 6.45) is 1.59. The van der Waals surface area contributed by atoms with Crippen molar-refractivity contribution < 1.29 is 16.8 Å². The number of halogens is 1. The topological polar surface area (TPSA) is 74.8 Å². The van der Waals surface area contributed by atoms with Crippen molar-refractivity contribution in [1.29, 1.82) is 0 Å². The van der Waals surface area contributed by atoms with Crippen LogP contribution >= 0.6 is 11.6 Å². The van der Waals surface area contributed by atoms with Gasteiger partial charge in [-0.05, 0) is 54.3 Å². The predicted molar refractivity (Wildman–Crippen MR) is 133 cm³/mol. The SMILES string of the molecule is CCN(Cc1ccccc1)S(=O)(=O)c1ccc(S(=O)(=O)N(Cc2ccccc2Cl)C2CC2)cc1. The van der Waals surface area contributed by atoms with Gasteiger partial charge in [0, 0.05) is 30.7 Å². The van der Waals surface area contributed by atoms with Gasteiger partial charge >= 0.3 is 0 Å². The molecule has 9 heteroatoms. The third-order valence-electron chi connectivity index (χ3n) is 5.86. The van der Waals surface area contributed by atoms with Crippen LogP contribution in [0.5, 0.6) is 0 Å². The van der Waals surface area contributed by atoms with Crippen LogP contribution in [-0.2, 0) is 33.1 Å². The largest absolute Gasteiger partial charge is 0.243 e. The van der Waals surface area contributed by atoms with Crippen molar-refractivity contribution in [2.45, 2.75) is 48.7 Å². The minimum Gasteiger partial charge on any atom is -0.207 e. The molecule has 0 aliphatic heterocycles. The fourth-order valence-electron chi connectivity index (χ4n) is 3.79. The van der Waals surface area contributed by atoms with Crippen LogP contribution in [0.4, 0.5) is 0 Å². The third-order valence-corrected chi connectivity index (χ3v) is 10.1. The summed E-state index contributed by atoms with van der Waals surface area (Å²) in [4.78, 5) is 0.129. The Morgan fingerprint density at radius 1 is 0.765 bits per heavy atom. The molecule has 0 heterocycles. The van der Waals surface area contributed by atoms with E-state index in [0.717, 1.165) is 24.0 Å². The van der Waals surface area contributed by atoms with Gasteiger partial charge in [0.05, 0.1) is 9.79 Å². The Bertz CT molecular complexity index is 1340. The Balaban J connectivity index is 1.58. The zero-order chi connectivity index (χ0) is 24.3. The van der Waals surface area contributed by atoms with Gasteiger partial charge in [-0.3, -0.25) is 0 Å². The van der Waals surface area contributed by atoms with E-state index in [1.165, 1.54) is 32.9 Å². The highest BCUT2D eigenvalue weighted by Gasteiger charge is 2.38. The van der Waals surface area contributed by atoms with Crippen LogP contribution < -0.4 is 0 Å². The first-order valence-corrected chi connectivity index (χ1v) is 14.4. The maximum absolute atomic E-state index is 13.4. The first-order valence-electron chi connectivity index (χ1n) is 11.1. The van der Waals surface area contributed by atoms with E-state index < -0.39 is 20.0 Å². The van der Waals surface area contributed by atoms with Gasteiger partial charge in [-0.15, -0.1) is 0 Å². The molecule has 34 heavy (non-hydrogen) atoms. The molecule has 3 aromatic rings. The molecule has 4 rings (SSSR count). The minimum atomic E-state index is -3.82. The smallest absolute Gasteiger partial charge is 0.207 e. The number of benzene rings is 3. The second kappa shape index (κ2) is 10.2. The van der Waals surface area contributed by atoms with Crippen LogP contribution in [0, 0.1) is 0 Å². The van der Waals surface area contributed by atoms with Crippen LogP contribution in [-0.4, -0.2) is 38.0 Å². The third kappa shape index (κ3) is 5.37. The zero-order valence-corrected chi connectivity index (χ0v) is 21.2. The van der Waals surface area contributed by atoms with E-state index in [1.807, 2.05) is 42.5 Å². The Kier molecular flexibility index (Phi) is 7.45. The molecule has 0 amide bonds. The van der Waals surface area contributed by atoms with E-state index >= 15 is 0 Å². The Morgan fingerprint density at radius 2 is 1.32 bits per heavy atom. The lowest BCUT2D eigenvalue weighted by molar-refractivity contribution is 0.398. The molecule has 0 spiro atoms. The van der Waals surface area contributed by atoms with Crippen molar-refractivity contribution in [1.82, 2.24) is 8.61 Å². The molecule has 1 aliphatic rings. The molecule has 180 valence electrons. The fourth-order valence-corrected chi connectivity index (χ4v) is 7.08. The number of nitrogens with zero attached hydrogens (tertiary/aromatic N) is 2. The molecule has 0 unspecified atom stereocenters. The van der Waals surface area contributed by atoms with Crippen LogP contribution in [0.15, 0.2) is 88.7 Å². The monoisotopic (exact) mass is 518 g/mol. The maximum Gasteiger partial charge on any atom is 0.243 e. The van der Waals surface area contributed by atoms with Crippen LogP contribution in [0.1, 0.15) is 30.9 Å². The summed E-state index contributed by atoms with van der Waals surface area (Å²) >= 11 is 6.27. The number of rotatable bonds is 10. The second-order valence-electron chi connectivity index (χ2n) is 8.26. The van der Waals surface area contributed by atoms with Gasteiger partial charge in [0.15, 0.2) is 0 Å². The Hall–Kier alpha value is -2.23. The number of sulfonamides is 2. The second-order valence-corrected chi connectivity index (χ2v) is 12.5.